The molecular formula is C19H29ClN6. The smallest absolute Gasteiger partial charge is 0.0951 e. The highest BCUT2D eigenvalue weighted by molar-refractivity contribution is 5.85. The highest BCUT2D eigenvalue weighted by Crippen LogP contribution is 2.27. The van der Waals surface area contributed by atoms with Crippen LogP contribution in [0.25, 0.3) is 11.3 Å². The van der Waals surface area contributed by atoms with E-state index in [1.54, 1.807) is 0 Å². The molecular weight excluding hydrogens is 348 g/mol. The Bertz CT molecular complexity index is 886. The van der Waals surface area contributed by atoms with Gasteiger partial charge in [-0.15, -0.1) is 12.4 Å². The third-order valence-corrected chi connectivity index (χ3v) is 5.05. The molecule has 3 heterocycles. The SMILES string of the molecule is CCCn1nc(C)c(-c2cncn2CCc2c(C)nn(C)c2C)c1C.Cl. The van der Waals surface area contributed by atoms with Crippen molar-refractivity contribution in [3.05, 3.63) is 40.9 Å². The van der Waals surface area contributed by atoms with Gasteiger partial charge in [-0.05, 0) is 46.1 Å². The summed E-state index contributed by atoms with van der Waals surface area (Å²) in [5.41, 5.74) is 8.34. The van der Waals surface area contributed by atoms with Crippen molar-refractivity contribution in [1.82, 2.24) is 29.1 Å². The summed E-state index contributed by atoms with van der Waals surface area (Å²) in [7, 11) is 2.00. The monoisotopic (exact) mass is 376 g/mol. The zero-order valence-electron chi connectivity index (χ0n) is 16.6. The Morgan fingerprint density at radius 2 is 1.69 bits per heavy atom. The van der Waals surface area contributed by atoms with E-state index < -0.39 is 0 Å². The molecule has 0 aliphatic heterocycles. The molecule has 0 fully saturated rings. The standard InChI is InChI=1S/C19H28N6.ClH/c1-7-9-25-16(5)19(14(3)22-25)18-11-20-12-24(18)10-8-17-13(2)21-23(6)15(17)4;/h11-12H,7-10H2,1-6H3;1H. The summed E-state index contributed by atoms with van der Waals surface area (Å²) in [6, 6.07) is 0. The maximum atomic E-state index is 4.71. The number of hydrogen-bond donors (Lipinski definition) is 0. The van der Waals surface area contributed by atoms with E-state index in [0.29, 0.717) is 0 Å². The van der Waals surface area contributed by atoms with Crippen LogP contribution < -0.4 is 0 Å². The fourth-order valence-electron chi connectivity index (χ4n) is 3.62. The summed E-state index contributed by atoms with van der Waals surface area (Å²) >= 11 is 0. The summed E-state index contributed by atoms with van der Waals surface area (Å²) in [6.07, 6.45) is 5.92. The molecule has 26 heavy (non-hydrogen) atoms. The Labute approximate surface area is 161 Å². The summed E-state index contributed by atoms with van der Waals surface area (Å²) in [4.78, 5) is 4.40. The highest BCUT2D eigenvalue weighted by Gasteiger charge is 2.17. The predicted octanol–water partition coefficient (Wildman–Crippen LogP) is 3.79. The van der Waals surface area contributed by atoms with E-state index in [-0.39, 0.29) is 12.4 Å². The van der Waals surface area contributed by atoms with Crippen LogP contribution in [0, 0.1) is 27.7 Å². The molecule has 3 rings (SSSR count). The van der Waals surface area contributed by atoms with Crippen LogP contribution in [0.1, 0.15) is 41.7 Å². The molecule has 0 radical (unpaired) electrons. The zero-order chi connectivity index (χ0) is 18.1. The van der Waals surface area contributed by atoms with Crippen molar-refractivity contribution in [2.24, 2.45) is 7.05 Å². The van der Waals surface area contributed by atoms with Gasteiger partial charge in [0.2, 0.25) is 0 Å². The molecule has 3 aromatic heterocycles. The quantitative estimate of drug-likeness (QED) is 0.657. The van der Waals surface area contributed by atoms with Crippen LogP contribution in [0.4, 0.5) is 0 Å². The summed E-state index contributed by atoms with van der Waals surface area (Å²) in [5.74, 6) is 0. The topological polar surface area (TPSA) is 53.5 Å². The molecule has 0 aliphatic rings. The second kappa shape index (κ2) is 8.08. The predicted molar refractivity (Wildman–Crippen MR) is 107 cm³/mol. The van der Waals surface area contributed by atoms with E-state index >= 15 is 0 Å². The van der Waals surface area contributed by atoms with Gasteiger partial charge in [0.1, 0.15) is 0 Å². The zero-order valence-corrected chi connectivity index (χ0v) is 17.4. The van der Waals surface area contributed by atoms with Gasteiger partial charge in [-0.25, -0.2) is 4.98 Å². The minimum absolute atomic E-state index is 0. The van der Waals surface area contributed by atoms with Crippen molar-refractivity contribution in [3.8, 4) is 11.3 Å². The molecule has 0 N–H and O–H groups in total. The summed E-state index contributed by atoms with van der Waals surface area (Å²) in [5, 5.41) is 9.23. The first kappa shape index (κ1) is 20.2. The fraction of sp³-hybridized carbons (Fsp3) is 0.526. The lowest BCUT2D eigenvalue weighted by Gasteiger charge is -2.10. The Morgan fingerprint density at radius 3 is 2.31 bits per heavy atom. The lowest BCUT2D eigenvalue weighted by molar-refractivity contribution is 0.583. The van der Waals surface area contributed by atoms with Crippen LogP contribution in [0.3, 0.4) is 0 Å². The second-order valence-corrected chi connectivity index (χ2v) is 6.76. The van der Waals surface area contributed by atoms with E-state index in [1.165, 1.54) is 22.5 Å². The van der Waals surface area contributed by atoms with Gasteiger partial charge in [0.25, 0.3) is 0 Å². The van der Waals surface area contributed by atoms with E-state index in [2.05, 4.69) is 54.0 Å². The van der Waals surface area contributed by atoms with Crippen molar-refractivity contribution in [3.63, 3.8) is 0 Å². The Balaban J connectivity index is 0.00000243. The minimum atomic E-state index is 0. The van der Waals surface area contributed by atoms with E-state index in [9.17, 15) is 0 Å². The molecule has 3 aromatic rings. The number of imidazole rings is 1. The van der Waals surface area contributed by atoms with Crippen LogP contribution in [0.2, 0.25) is 0 Å². The molecule has 0 bridgehead atoms. The second-order valence-electron chi connectivity index (χ2n) is 6.76. The van der Waals surface area contributed by atoms with Gasteiger partial charge in [0, 0.05) is 37.1 Å². The van der Waals surface area contributed by atoms with Gasteiger partial charge < -0.3 is 4.57 Å². The van der Waals surface area contributed by atoms with Crippen molar-refractivity contribution in [2.75, 3.05) is 0 Å². The first-order chi connectivity index (χ1) is 11.9. The molecule has 0 saturated carbocycles. The van der Waals surface area contributed by atoms with Crippen molar-refractivity contribution < 1.29 is 0 Å². The lowest BCUT2D eigenvalue weighted by atomic mass is 10.1. The van der Waals surface area contributed by atoms with E-state index in [4.69, 9.17) is 5.10 Å². The molecule has 7 heteroatoms. The molecule has 0 aliphatic carbocycles. The van der Waals surface area contributed by atoms with E-state index in [1.807, 2.05) is 24.3 Å². The molecule has 6 nitrogen and oxygen atoms in total. The molecule has 0 spiro atoms. The molecule has 0 aromatic carbocycles. The summed E-state index contributed by atoms with van der Waals surface area (Å²) in [6.45, 7) is 12.5. The number of halogens is 1. The van der Waals surface area contributed by atoms with Gasteiger partial charge in [-0.3, -0.25) is 9.36 Å². The van der Waals surface area contributed by atoms with Crippen molar-refractivity contribution in [2.45, 2.75) is 60.5 Å². The Morgan fingerprint density at radius 1 is 0.962 bits per heavy atom. The number of rotatable bonds is 6. The fourth-order valence-corrected chi connectivity index (χ4v) is 3.62. The van der Waals surface area contributed by atoms with Gasteiger partial charge >= 0.3 is 0 Å². The lowest BCUT2D eigenvalue weighted by Crippen LogP contribution is -2.05. The average molecular weight is 377 g/mol. The number of nitrogens with zero attached hydrogens (tertiary/aromatic N) is 6. The number of hydrogen-bond acceptors (Lipinski definition) is 3. The van der Waals surface area contributed by atoms with Crippen LogP contribution in [-0.2, 0) is 26.6 Å². The maximum absolute atomic E-state index is 4.71. The van der Waals surface area contributed by atoms with Crippen molar-refractivity contribution in [1.29, 1.82) is 0 Å². The average Bonchev–Trinajstić information content (AvgIpc) is 3.18. The van der Waals surface area contributed by atoms with Gasteiger partial charge in [-0.2, -0.15) is 10.2 Å². The molecule has 0 unspecified atom stereocenters. The first-order valence-corrected chi connectivity index (χ1v) is 8.97. The van der Waals surface area contributed by atoms with Crippen LogP contribution in [0.5, 0.6) is 0 Å². The van der Waals surface area contributed by atoms with E-state index in [0.717, 1.165) is 43.0 Å². The highest BCUT2D eigenvalue weighted by atomic mass is 35.5. The minimum Gasteiger partial charge on any atom is -0.330 e. The van der Waals surface area contributed by atoms with Gasteiger partial charge in [-0.1, -0.05) is 6.92 Å². The van der Waals surface area contributed by atoms with Crippen LogP contribution in [-0.4, -0.2) is 29.1 Å². The first-order valence-electron chi connectivity index (χ1n) is 8.97. The third kappa shape index (κ3) is 3.56. The third-order valence-electron chi connectivity index (χ3n) is 5.05. The van der Waals surface area contributed by atoms with Crippen LogP contribution >= 0.6 is 12.4 Å². The van der Waals surface area contributed by atoms with Crippen LogP contribution in [0.15, 0.2) is 12.5 Å². The van der Waals surface area contributed by atoms with Gasteiger partial charge in [0.05, 0.1) is 29.6 Å². The molecule has 0 amide bonds. The van der Waals surface area contributed by atoms with Crippen molar-refractivity contribution >= 4 is 12.4 Å². The molecule has 142 valence electrons. The maximum Gasteiger partial charge on any atom is 0.0951 e. The molecule has 0 atom stereocenters. The Hall–Kier alpha value is -2.08. The number of aromatic nitrogens is 6. The normalized spacial score (nSPS) is 11.0. The summed E-state index contributed by atoms with van der Waals surface area (Å²) < 4.78 is 6.30. The van der Waals surface area contributed by atoms with Gasteiger partial charge in [0.15, 0.2) is 0 Å². The Kier molecular flexibility index (Phi) is 6.29. The largest absolute Gasteiger partial charge is 0.330 e. The molecule has 0 saturated heterocycles. The number of aryl methyl sites for hydroxylation is 5.